The Morgan fingerprint density at radius 1 is 1.39 bits per heavy atom. The van der Waals surface area contributed by atoms with Gasteiger partial charge in [-0.1, -0.05) is 12.1 Å². The second kappa shape index (κ2) is 4.23. The van der Waals surface area contributed by atoms with Gasteiger partial charge in [-0.3, -0.25) is 4.79 Å². The minimum Gasteiger partial charge on any atom is -0.368 e. The number of thiazole rings is 1. The number of imidazole rings is 1. The first-order chi connectivity index (χ1) is 8.75. The number of benzene rings is 1. The Hall–Kier alpha value is -2.21. The lowest BCUT2D eigenvalue weighted by Gasteiger charge is -2.04. The molecule has 0 radical (unpaired) electrons. The number of fused-ring (bicyclic) bond motifs is 1. The molecule has 0 atom stereocenters. The lowest BCUT2D eigenvalue weighted by molar-refractivity contribution is -0.118. The summed E-state index contributed by atoms with van der Waals surface area (Å²) in [6.07, 6.45) is 0. The zero-order chi connectivity index (χ0) is 12.5. The van der Waals surface area contributed by atoms with Crippen molar-refractivity contribution in [3.05, 3.63) is 35.2 Å². The molecule has 0 saturated heterocycles. The summed E-state index contributed by atoms with van der Waals surface area (Å²) >= 11 is 1.49. The van der Waals surface area contributed by atoms with Gasteiger partial charge in [0.25, 0.3) is 0 Å². The van der Waals surface area contributed by atoms with Gasteiger partial charge in [0, 0.05) is 5.38 Å². The molecule has 2 N–H and O–H groups in total. The predicted molar refractivity (Wildman–Crippen MR) is 70.0 cm³/mol. The molecule has 0 aliphatic heterocycles. The van der Waals surface area contributed by atoms with E-state index in [0.717, 1.165) is 16.7 Å². The number of carbonyl (C=O) groups excluding carboxylic acids is 1. The number of para-hydroxylation sites is 2. The Balaban J connectivity index is 2.26. The lowest BCUT2D eigenvalue weighted by atomic mass is 10.3. The minimum atomic E-state index is -0.394. The fraction of sp³-hybridized carbons (Fsp3) is 0.0833. The zero-order valence-corrected chi connectivity index (χ0v) is 10.2. The standard InChI is InChI=1S/C12H10N4OS/c13-11(17)5-16-10-4-2-1-3-8(10)15-12(16)9-6-18-7-14-9/h1-4,6-7H,5H2,(H2,13,17). The van der Waals surface area contributed by atoms with Gasteiger partial charge in [0.15, 0.2) is 5.82 Å². The van der Waals surface area contributed by atoms with E-state index in [9.17, 15) is 4.79 Å². The number of nitrogens with two attached hydrogens (primary N) is 1. The molecule has 3 rings (SSSR count). The molecule has 6 heteroatoms. The van der Waals surface area contributed by atoms with Crippen LogP contribution in [0, 0.1) is 0 Å². The summed E-state index contributed by atoms with van der Waals surface area (Å²) < 4.78 is 1.80. The molecule has 0 unspecified atom stereocenters. The number of rotatable bonds is 3. The van der Waals surface area contributed by atoms with E-state index >= 15 is 0 Å². The van der Waals surface area contributed by atoms with Gasteiger partial charge in [0.2, 0.25) is 5.91 Å². The molecule has 2 aromatic heterocycles. The van der Waals surface area contributed by atoms with E-state index < -0.39 is 5.91 Å². The van der Waals surface area contributed by atoms with Crippen LogP contribution in [0.1, 0.15) is 0 Å². The maximum atomic E-state index is 11.2. The molecule has 0 bridgehead atoms. The number of hydrogen-bond acceptors (Lipinski definition) is 4. The van der Waals surface area contributed by atoms with Gasteiger partial charge < -0.3 is 10.3 Å². The van der Waals surface area contributed by atoms with Gasteiger partial charge >= 0.3 is 0 Å². The molecule has 1 amide bonds. The van der Waals surface area contributed by atoms with Crippen LogP contribution in [0.4, 0.5) is 0 Å². The van der Waals surface area contributed by atoms with E-state index in [1.54, 1.807) is 10.1 Å². The Bertz CT molecular complexity index is 702. The molecule has 0 spiro atoms. The smallest absolute Gasteiger partial charge is 0.237 e. The summed E-state index contributed by atoms with van der Waals surface area (Å²) in [5, 5.41) is 1.90. The van der Waals surface area contributed by atoms with Crippen molar-refractivity contribution in [2.75, 3.05) is 0 Å². The largest absolute Gasteiger partial charge is 0.368 e. The van der Waals surface area contributed by atoms with Crippen molar-refractivity contribution in [1.29, 1.82) is 0 Å². The van der Waals surface area contributed by atoms with Crippen molar-refractivity contribution in [1.82, 2.24) is 14.5 Å². The molecule has 1 aromatic carbocycles. The third kappa shape index (κ3) is 1.76. The summed E-state index contributed by atoms with van der Waals surface area (Å²) in [4.78, 5) is 19.9. The Morgan fingerprint density at radius 3 is 2.94 bits per heavy atom. The highest BCUT2D eigenvalue weighted by Gasteiger charge is 2.14. The second-order valence-corrected chi connectivity index (χ2v) is 4.57. The molecular weight excluding hydrogens is 248 g/mol. The topological polar surface area (TPSA) is 73.8 Å². The van der Waals surface area contributed by atoms with Crippen LogP contribution in [0.15, 0.2) is 35.2 Å². The van der Waals surface area contributed by atoms with Crippen molar-refractivity contribution in [2.45, 2.75) is 6.54 Å². The van der Waals surface area contributed by atoms with Crippen molar-refractivity contribution in [3.8, 4) is 11.5 Å². The molecule has 90 valence electrons. The second-order valence-electron chi connectivity index (χ2n) is 3.85. The zero-order valence-electron chi connectivity index (χ0n) is 9.41. The number of nitrogens with zero attached hydrogens (tertiary/aromatic N) is 3. The van der Waals surface area contributed by atoms with Gasteiger partial charge in [-0.05, 0) is 12.1 Å². The van der Waals surface area contributed by atoms with Crippen molar-refractivity contribution < 1.29 is 4.79 Å². The molecule has 0 aliphatic carbocycles. The van der Waals surface area contributed by atoms with Gasteiger partial charge in [0.1, 0.15) is 12.2 Å². The average molecular weight is 258 g/mol. The first-order valence-corrected chi connectivity index (χ1v) is 6.32. The van der Waals surface area contributed by atoms with Crippen molar-refractivity contribution in [2.24, 2.45) is 5.73 Å². The van der Waals surface area contributed by atoms with Gasteiger partial charge in [-0.2, -0.15) is 0 Å². The van der Waals surface area contributed by atoms with Gasteiger partial charge in [-0.25, -0.2) is 9.97 Å². The van der Waals surface area contributed by atoms with Gasteiger partial charge in [0.05, 0.1) is 16.5 Å². The number of amides is 1. The molecule has 3 aromatic rings. The highest BCUT2D eigenvalue weighted by molar-refractivity contribution is 7.07. The maximum Gasteiger partial charge on any atom is 0.237 e. The first kappa shape index (κ1) is 10.9. The Labute approximate surface area is 107 Å². The minimum absolute atomic E-state index is 0.105. The number of primary amides is 1. The van der Waals surface area contributed by atoms with Crippen molar-refractivity contribution >= 4 is 28.3 Å². The quantitative estimate of drug-likeness (QED) is 0.776. The molecule has 0 aliphatic rings. The maximum absolute atomic E-state index is 11.2. The van der Waals surface area contributed by atoms with Crippen LogP contribution >= 0.6 is 11.3 Å². The van der Waals surface area contributed by atoms with E-state index in [-0.39, 0.29) is 6.54 Å². The highest BCUT2D eigenvalue weighted by atomic mass is 32.1. The molecular formula is C12H10N4OS. The normalized spacial score (nSPS) is 10.9. The third-order valence-electron chi connectivity index (χ3n) is 2.63. The SMILES string of the molecule is NC(=O)Cn1c(-c2cscn2)nc2ccccc21. The van der Waals surface area contributed by atoms with E-state index in [4.69, 9.17) is 5.73 Å². The number of carbonyl (C=O) groups is 1. The van der Waals surface area contributed by atoms with Crippen molar-refractivity contribution in [3.63, 3.8) is 0 Å². The molecule has 0 fully saturated rings. The molecule has 0 saturated carbocycles. The Kier molecular flexibility index (Phi) is 2.56. The van der Waals surface area contributed by atoms with Crippen LogP contribution in [0.25, 0.3) is 22.6 Å². The lowest BCUT2D eigenvalue weighted by Crippen LogP contribution is -2.19. The molecule has 5 nitrogen and oxygen atoms in total. The average Bonchev–Trinajstić information content (AvgIpc) is 2.96. The summed E-state index contributed by atoms with van der Waals surface area (Å²) in [6, 6.07) is 7.64. The monoisotopic (exact) mass is 258 g/mol. The van der Waals surface area contributed by atoms with Crippen LogP contribution in [-0.4, -0.2) is 20.4 Å². The molecule has 2 heterocycles. The van der Waals surface area contributed by atoms with Crippen LogP contribution in [0.5, 0.6) is 0 Å². The van der Waals surface area contributed by atoms with E-state index in [1.165, 1.54) is 11.3 Å². The number of aromatic nitrogens is 3. The van der Waals surface area contributed by atoms with Crippen LogP contribution < -0.4 is 5.73 Å². The fourth-order valence-corrected chi connectivity index (χ4v) is 2.44. The molecule has 18 heavy (non-hydrogen) atoms. The number of hydrogen-bond donors (Lipinski definition) is 1. The fourth-order valence-electron chi connectivity index (χ4n) is 1.91. The van der Waals surface area contributed by atoms with E-state index in [0.29, 0.717) is 5.82 Å². The Morgan fingerprint density at radius 2 is 2.22 bits per heavy atom. The summed E-state index contributed by atoms with van der Waals surface area (Å²) in [7, 11) is 0. The van der Waals surface area contributed by atoms with Crippen LogP contribution in [0.2, 0.25) is 0 Å². The third-order valence-corrected chi connectivity index (χ3v) is 3.22. The summed E-state index contributed by atoms with van der Waals surface area (Å²) in [5.74, 6) is 0.283. The highest BCUT2D eigenvalue weighted by Crippen LogP contribution is 2.24. The van der Waals surface area contributed by atoms with Gasteiger partial charge in [-0.15, -0.1) is 11.3 Å². The summed E-state index contributed by atoms with van der Waals surface area (Å²) in [6.45, 7) is 0.105. The van der Waals surface area contributed by atoms with Crippen LogP contribution in [0.3, 0.4) is 0 Å². The first-order valence-electron chi connectivity index (χ1n) is 5.38. The summed E-state index contributed by atoms with van der Waals surface area (Å²) in [5.41, 5.74) is 9.52. The van der Waals surface area contributed by atoms with Crippen LogP contribution in [-0.2, 0) is 11.3 Å². The van der Waals surface area contributed by atoms with E-state index in [1.807, 2.05) is 29.6 Å². The predicted octanol–water partition coefficient (Wildman–Crippen LogP) is 1.65. The van der Waals surface area contributed by atoms with E-state index in [2.05, 4.69) is 9.97 Å².